The lowest BCUT2D eigenvalue weighted by molar-refractivity contribution is -0.274. The Morgan fingerprint density at radius 2 is 1.78 bits per heavy atom. The van der Waals surface area contributed by atoms with E-state index in [2.05, 4.69) is 39.0 Å². The fourth-order valence-electron chi connectivity index (χ4n) is 5.30. The maximum absolute atomic E-state index is 13.0. The standard InChI is InChI=1S/C33H31F3N6O3S/c1-19(2)26-14-13-25(44-4)15-29(26)42-20(3)17-46-32(42)39-31(43)38-28-16-27(28)21-5-7-22(8-6-21)30-37-18-41(40-30)23-9-11-24(12-10-23)45-33(34,35)36/h5-15,17-19,27-28H,16H2,1-4H3,(H,38,43). The van der Waals surface area contributed by atoms with Crippen molar-refractivity contribution in [1.82, 2.24) is 24.6 Å². The van der Waals surface area contributed by atoms with Gasteiger partial charge in [0.05, 0.1) is 18.5 Å². The average Bonchev–Trinajstić information content (AvgIpc) is 3.42. The summed E-state index contributed by atoms with van der Waals surface area (Å²) in [6.45, 7) is 6.25. The highest BCUT2D eigenvalue weighted by Crippen LogP contribution is 2.41. The number of nitrogens with zero attached hydrogens (tertiary/aromatic N) is 5. The Morgan fingerprint density at radius 1 is 1.07 bits per heavy atom. The van der Waals surface area contributed by atoms with E-state index >= 15 is 0 Å². The number of methoxy groups -OCH3 is 1. The zero-order valence-corrected chi connectivity index (χ0v) is 26.3. The van der Waals surface area contributed by atoms with Gasteiger partial charge in [-0.15, -0.1) is 29.6 Å². The van der Waals surface area contributed by atoms with Crippen LogP contribution in [0.2, 0.25) is 0 Å². The summed E-state index contributed by atoms with van der Waals surface area (Å²) in [5.41, 5.74) is 5.45. The molecule has 0 saturated heterocycles. The third kappa shape index (κ3) is 6.84. The van der Waals surface area contributed by atoms with E-state index in [0.717, 1.165) is 40.2 Å². The number of aryl methyl sites for hydroxylation is 1. The van der Waals surface area contributed by atoms with Crippen LogP contribution >= 0.6 is 11.3 Å². The van der Waals surface area contributed by atoms with Crippen molar-refractivity contribution >= 4 is 17.4 Å². The third-order valence-corrected chi connectivity index (χ3v) is 8.64. The maximum atomic E-state index is 13.0. The van der Waals surface area contributed by atoms with Crippen molar-refractivity contribution in [3.8, 4) is 34.3 Å². The molecule has 2 atom stereocenters. The molecule has 6 rings (SSSR count). The molecular formula is C33H31F3N6O3S. The fraction of sp³-hybridized carbons (Fsp3) is 0.273. The molecule has 0 radical (unpaired) electrons. The Labute approximate surface area is 267 Å². The number of ether oxygens (including phenoxy) is 2. The van der Waals surface area contributed by atoms with Gasteiger partial charge < -0.3 is 14.8 Å². The summed E-state index contributed by atoms with van der Waals surface area (Å²) in [4.78, 5) is 22.4. The number of carbonyl (C=O) groups is 1. The van der Waals surface area contributed by atoms with Crippen molar-refractivity contribution in [2.75, 3.05) is 7.11 Å². The van der Waals surface area contributed by atoms with Crippen molar-refractivity contribution in [3.05, 3.63) is 100 Å². The number of thiazole rings is 1. The molecule has 2 unspecified atom stereocenters. The first kappa shape index (κ1) is 31.1. The zero-order valence-electron chi connectivity index (χ0n) is 25.4. The molecule has 46 heavy (non-hydrogen) atoms. The van der Waals surface area contributed by atoms with E-state index < -0.39 is 6.36 Å². The van der Waals surface area contributed by atoms with Gasteiger partial charge in [-0.05, 0) is 60.7 Å². The van der Waals surface area contributed by atoms with E-state index in [0.29, 0.717) is 16.3 Å². The number of halogens is 3. The van der Waals surface area contributed by atoms with Crippen LogP contribution < -0.4 is 19.6 Å². The molecule has 1 N–H and O–H groups in total. The number of urea groups is 1. The monoisotopic (exact) mass is 648 g/mol. The molecule has 2 aromatic heterocycles. The Hall–Kier alpha value is -4.91. The Bertz CT molecular complexity index is 1930. The van der Waals surface area contributed by atoms with E-state index in [1.54, 1.807) is 7.11 Å². The number of amides is 2. The van der Waals surface area contributed by atoms with E-state index in [1.807, 2.05) is 59.3 Å². The topological polar surface area (TPSA) is 95.6 Å². The van der Waals surface area contributed by atoms with Crippen LogP contribution in [-0.4, -0.2) is 44.9 Å². The first-order chi connectivity index (χ1) is 22.0. The minimum Gasteiger partial charge on any atom is -0.497 e. The molecule has 2 heterocycles. The largest absolute Gasteiger partial charge is 0.573 e. The summed E-state index contributed by atoms with van der Waals surface area (Å²) in [6, 6.07) is 18.7. The molecule has 1 aliphatic carbocycles. The minimum atomic E-state index is -4.75. The van der Waals surface area contributed by atoms with Crippen LogP contribution in [0.25, 0.3) is 22.8 Å². The van der Waals surface area contributed by atoms with E-state index in [-0.39, 0.29) is 29.7 Å². The number of carbonyl (C=O) groups excluding carboxylic acids is 1. The average molecular weight is 649 g/mol. The van der Waals surface area contributed by atoms with Crippen LogP contribution in [0, 0.1) is 6.92 Å². The number of hydrogen-bond acceptors (Lipinski definition) is 6. The number of alkyl halides is 3. The smallest absolute Gasteiger partial charge is 0.497 e. The molecule has 0 spiro atoms. The van der Waals surface area contributed by atoms with Gasteiger partial charge in [-0.1, -0.05) is 44.2 Å². The van der Waals surface area contributed by atoms with Gasteiger partial charge in [0.15, 0.2) is 10.6 Å². The molecule has 1 aliphatic rings. The predicted octanol–water partition coefficient (Wildman–Crippen LogP) is 7.29. The second-order valence-corrected chi connectivity index (χ2v) is 12.1. The lowest BCUT2D eigenvalue weighted by atomic mass is 10.0. The third-order valence-electron chi connectivity index (χ3n) is 7.70. The molecule has 13 heteroatoms. The molecule has 3 aromatic carbocycles. The summed E-state index contributed by atoms with van der Waals surface area (Å²) in [7, 11) is 1.63. The first-order valence-electron chi connectivity index (χ1n) is 14.6. The fourth-order valence-corrected chi connectivity index (χ4v) is 6.16. The van der Waals surface area contributed by atoms with Crippen LogP contribution in [0.5, 0.6) is 11.5 Å². The Kier molecular flexibility index (Phi) is 8.43. The van der Waals surface area contributed by atoms with E-state index in [4.69, 9.17) is 4.74 Å². The molecule has 5 aromatic rings. The number of rotatable bonds is 8. The van der Waals surface area contributed by atoms with Gasteiger partial charge >= 0.3 is 12.4 Å². The van der Waals surface area contributed by atoms with Crippen LogP contribution in [-0.2, 0) is 0 Å². The second kappa shape index (κ2) is 12.5. The minimum absolute atomic E-state index is 0.0266. The summed E-state index contributed by atoms with van der Waals surface area (Å²) in [5.74, 6) is 1.32. The predicted molar refractivity (Wildman–Crippen MR) is 168 cm³/mol. The van der Waals surface area contributed by atoms with Gasteiger partial charge in [-0.2, -0.15) is 4.99 Å². The van der Waals surface area contributed by atoms with Crippen LogP contribution in [0.15, 0.2) is 83.4 Å². The van der Waals surface area contributed by atoms with Crippen LogP contribution in [0.4, 0.5) is 18.0 Å². The summed E-state index contributed by atoms with van der Waals surface area (Å²) in [5, 5.41) is 9.49. The first-order valence-corrected chi connectivity index (χ1v) is 15.5. The zero-order chi connectivity index (χ0) is 32.6. The molecule has 238 valence electrons. The van der Waals surface area contributed by atoms with E-state index in [9.17, 15) is 18.0 Å². The van der Waals surface area contributed by atoms with Gasteiger partial charge in [-0.25, -0.2) is 14.5 Å². The number of aromatic nitrogens is 4. The van der Waals surface area contributed by atoms with E-state index in [1.165, 1.54) is 46.6 Å². The van der Waals surface area contributed by atoms with Crippen molar-refractivity contribution in [1.29, 1.82) is 0 Å². The van der Waals surface area contributed by atoms with Crippen molar-refractivity contribution in [3.63, 3.8) is 0 Å². The van der Waals surface area contributed by atoms with Gasteiger partial charge in [-0.3, -0.25) is 4.57 Å². The maximum Gasteiger partial charge on any atom is 0.573 e. The number of benzene rings is 3. The highest BCUT2D eigenvalue weighted by atomic mass is 32.1. The highest BCUT2D eigenvalue weighted by Gasteiger charge is 2.39. The van der Waals surface area contributed by atoms with Gasteiger partial charge in [0, 0.05) is 34.7 Å². The van der Waals surface area contributed by atoms with Gasteiger partial charge in [0.1, 0.15) is 17.8 Å². The normalized spacial score (nSPS) is 16.5. The second-order valence-electron chi connectivity index (χ2n) is 11.3. The van der Waals surface area contributed by atoms with Crippen LogP contribution in [0.3, 0.4) is 0 Å². The van der Waals surface area contributed by atoms with Crippen molar-refractivity contribution < 1.29 is 27.4 Å². The summed E-state index contributed by atoms with van der Waals surface area (Å²) < 4.78 is 50.2. The molecule has 0 aliphatic heterocycles. The quantitative estimate of drug-likeness (QED) is 0.191. The molecule has 0 bridgehead atoms. The molecule has 1 fully saturated rings. The Morgan fingerprint density at radius 3 is 2.46 bits per heavy atom. The van der Waals surface area contributed by atoms with Gasteiger partial charge in [0.2, 0.25) is 0 Å². The Balaban J connectivity index is 1.11. The lowest BCUT2D eigenvalue weighted by Gasteiger charge is -2.16. The molecular weight excluding hydrogens is 617 g/mol. The SMILES string of the molecule is COc1ccc(C(C)C)c(-n2c(C)csc2=NC(=O)NC2CC2c2ccc(-c3ncn(-c4ccc(OC(F)(F)F)cc4)n3)cc2)c1. The van der Waals surface area contributed by atoms with Crippen molar-refractivity contribution in [2.45, 2.75) is 51.4 Å². The van der Waals surface area contributed by atoms with Gasteiger partial charge in [0.25, 0.3) is 0 Å². The molecule has 1 saturated carbocycles. The summed E-state index contributed by atoms with van der Waals surface area (Å²) >= 11 is 1.41. The van der Waals surface area contributed by atoms with Crippen molar-refractivity contribution in [2.24, 2.45) is 4.99 Å². The number of nitrogens with one attached hydrogen (secondary N) is 1. The lowest BCUT2D eigenvalue weighted by Crippen LogP contribution is -2.27. The number of hydrogen-bond donors (Lipinski definition) is 1. The van der Waals surface area contributed by atoms with Crippen LogP contribution in [0.1, 0.15) is 48.9 Å². The molecule has 2 amide bonds. The summed E-state index contributed by atoms with van der Waals surface area (Å²) in [6.07, 6.45) is -2.45. The molecule has 9 nitrogen and oxygen atoms in total. The highest BCUT2D eigenvalue weighted by molar-refractivity contribution is 7.07.